The predicted molar refractivity (Wildman–Crippen MR) is 84.0 cm³/mol. The minimum Gasteiger partial charge on any atom is -0.368 e. The number of hydrogen-bond acceptors (Lipinski definition) is 6. The maximum absolute atomic E-state index is 11.6. The summed E-state index contributed by atoms with van der Waals surface area (Å²) in [5, 5.41) is 0. The van der Waals surface area contributed by atoms with Gasteiger partial charge in [0.05, 0.1) is 4.90 Å². The fourth-order valence-electron chi connectivity index (χ4n) is 2.36. The van der Waals surface area contributed by atoms with Crippen molar-refractivity contribution in [2.24, 2.45) is 0 Å². The van der Waals surface area contributed by atoms with Gasteiger partial charge < -0.3 is 10.6 Å². The molecule has 2 aromatic rings. The second-order valence-electron chi connectivity index (χ2n) is 4.74. The number of nitrogens with two attached hydrogens (primary N) is 1. The molecule has 2 N–H and O–H groups in total. The van der Waals surface area contributed by atoms with E-state index in [1.165, 1.54) is 6.26 Å². The first-order valence-electron chi connectivity index (χ1n) is 6.14. The van der Waals surface area contributed by atoms with E-state index in [-0.39, 0.29) is 18.4 Å². The largest absolute Gasteiger partial charge is 0.368 e. The quantitative estimate of drug-likeness (QED) is 0.901. The van der Waals surface area contributed by atoms with Crippen molar-refractivity contribution in [2.75, 3.05) is 23.4 Å². The highest BCUT2D eigenvalue weighted by Crippen LogP contribution is 2.34. The van der Waals surface area contributed by atoms with Crippen molar-refractivity contribution < 1.29 is 8.42 Å². The molecule has 1 aromatic carbocycles. The van der Waals surface area contributed by atoms with Gasteiger partial charge in [-0.2, -0.15) is 4.98 Å². The van der Waals surface area contributed by atoms with Crippen molar-refractivity contribution in [1.82, 2.24) is 9.97 Å². The van der Waals surface area contributed by atoms with Gasteiger partial charge in [-0.25, -0.2) is 13.4 Å². The SMILES string of the molecule is CS(=O)(=O)c1ccc2c(c1)CCN2c1ccnc(N)n1.Cl. The summed E-state index contributed by atoms with van der Waals surface area (Å²) in [5.41, 5.74) is 7.57. The van der Waals surface area contributed by atoms with Gasteiger partial charge in [0.25, 0.3) is 0 Å². The number of nitrogen functional groups attached to an aromatic ring is 1. The number of nitrogens with zero attached hydrogens (tertiary/aromatic N) is 3. The van der Waals surface area contributed by atoms with E-state index in [2.05, 4.69) is 9.97 Å². The first-order chi connectivity index (χ1) is 9.45. The van der Waals surface area contributed by atoms with Crippen LogP contribution in [0.15, 0.2) is 35.4 Å². The lowest BCUT2D eigenvalue weighted by Crippen LogP contribution is -2.15. The third kappa shape index (κ3) is 2.93. The molecule has 0 saturated heterocycles. The Morgan fingerprint density at radius 1 is 1.29 bits per heavy atom. The van der Waals surface area contributed by atoms with Crippen LogP contribution in [0.3, 0.4) is 0 Å². The summed E-state index contributed by atoms with van der Waals surface area (Å²) in [6, 6.07) is 6.96. The Morgan fingerprint density at radius 3 is 2.71 bits per heavy atom. The Morgan fingerprint density at radius 2 is 2.05 bits per heavy atom. The van der Waals surface area contributed by atoms with Crippen LogP contribution in [0.2, 0.25) is 0 Å². The Labute approximate surface area is 129 Å². The van der Waals surface area contributed by atoms with Crippen molar-refractivity contribution in [1.29, 1.82) is 0 Å². The molecular weight excluding hydrogens is 312 g/mol. The van der Waals surface area contributed by atoms with Crippen LogP contribution < -0.4 is 10.6 Å². The monoisotopic (exact) mass is 326 g/mol. The summed E-state index contributed by atoms with van der Waals surface area (Å²) in [6.45, 7) is 0.749. The van der Waals surface area contributed by atoms with Crippen LogP contribution in [-0.2, 0) is 16.3 Å². The lowest BCUT2D eigenvalue weighted by atomic mass is 10.2. The predicted octanol–water partition coefficient (Wildman–Crippen LogP) is 1.58. The molecule has 8 heteroatoms. The van der Waals surface area contributed by atoms with Crippen molar-refractivity contribution in [3.8, 4) is 0 Å². The Bertz CT molecular complexity index is 779. The minimum absolute atomic E-state index is 0. The summed E-state index contributed by atoms with van der Waals surface area (Å²) in [6.07, 6.45) is 3.61. The van der Waals surface area contributed by atoms with Gasteiger partial charge in [-0.05, 0) is 36.2 Å². The van der Waals surface area contributed by atoms with Gasteiger partial charge in [0, 0.05) is 24.7 Å². The maximum atomic E-state index is 11.6. The molecule has 0 aliphatic carbocycles. The first kappa shape index (κ1) is 15.5. The molecule has 1 aromatic heterocycles. The van der Waals surface area contributed by atoms with Crippen molar-refractivity contribution >= 4 is 39.7 Å². The molecule has 0 spiro atoms. The zero-order chi connectivity index (χ0) is 14.3. The zero-order valence-electron chi connectivity index (χ0n) is 11.4. The van der Waals surface area contributed by atoms with E-state index < -0.39 is 9.84 Å². The van der Waals surface area contributed by atoms with Crippen molar-refractivity contribution in [3.63, 3.8) is 0 Å². The highest BCUT2D eigenvalue weighted by atomic mass is 35.5. The van der Waals surface area contributed by atoms with Gasteiger partial charge in [-0.3, -0.25) is 0 Å². The molecule has 6 nitrogen and oxygen atoms in total. The molecule has 3 rings (SSSR count). The topological polar surface area (TPSA) is 89.2 Å². The number of rotatable bonds is 2. The molecule has 0 atom stereocenters. The van der Waals surface area contributed by atoms with E-state index in [0.29, 0.717) is 4.90 Å². The third-order valence-electron chi connectivity index (χ3n) is 3.31. The molecule has 0 amide bonds. The average Bonchev–Trinajstić information content (AvgIpc) is 2.80. The summed E-state index contributed by atoms with van der Waals surface area (Å²) < 4.78 is 23.2. The van der Waals surface area contributed by atoms with Gasteiger partial charge in [-0.15, -0.1) is 12.4 Å². The average molecular weight is 327 g/mol. The third-order valence-corrected chi connectivity index (χ3v) is 4.42. The van der Waals surface area contributed by atoms with E-state index in [4.69, 9.17) is 5.73 Å². The fourth-order valence-corrected chi connectivity index (χ4v) is 3.03. The van der Waals surface area contributed by atoms with E-state index in [9.17, 15) is 8.42 Å². The molecule has 112 valence electrons. The van der Waals surface area contributed by atoms with Gasteiger partial charge in [0.15, 0.2) is 9.84 Å². The zero-order valence-corrected chi connectivity index (χ0v) is 13.0. The summed E-state index contributed by atoms with van der Waals surface area (Å²) in [4.78, 5) is 10.4. The molecule has 2 heterocycles. The lowest BCUT2D eigenvalue weighted by molar-refractivity contribution is 0.602. The molecule has 21 heavy (non-hydrogen) atoms. The standard InChI is InChI=1S/C13H14N4O2S.ClH/c1-20(18,19)10-2-3-11-9(8-10)5-7-17(11)12-4-6-15-13(14)16-12;/h2-4,6,8H,5,7H2,1H3,(H2,14,15,16);1H. The van der Waals surface area contributed by atoms with Gasteiger partial charge >= 0.3 is 0 Å². The molecular formula is C13H15ClN4O2S. The summed E-state index contributed by atoms with van der Waals surface area (Å²) >= 11 is 0. The molecule has 0 radical (unpaired) electrons. The Hall–Kier alpha value is -1.86. The van der Waals surface area contributed by atoms with E-state index in [0.717, 1.165) is 30.0 Å². The van der Waals surface area contributed by atoms with Crippen LogP contribution in [0.5, 0.6) is 0 Å². The van der Waals surface area contributed by atoms with E-state index in [1.54, 1.807) is 24.4 Å². The number of aromatic nitrogens is 2. The molecule has 1 aliphatic rings. The normalized spacial score (nSPS) is 13.7. The number of hydrogen-bond donors (Lipinski definition) is 1. The van der Waals surface area contributed by atoms with Crippen molar-refractivity contribution in [2.45, 2.75) is 11.3 Å². The highest BCUT2D eigenvalue weighted by molar-refractivity contribution is 7.90. The molecule has 0 saturated carbocycles. The second kappa shape index (κ2) is 5.50. The van der Waals surface area contributed by atoms with Crippen LogP contribution in [0.1, 0.15) is 5.56 Å². The maximum Gasteiger partial charge on any atom is 0.221 e. The van der Waals surface area contributed by atoms with Gasteiger partial charge in [-0.1, -0.05) is 0 Å². The van der Waals surface area contributed by atoms with E-state index in [1.807, 2.05) is 11.0 Å². The number of sulfone groups is 1. The first-order valence-corrected chi connectivity index (χ1v) is 8.03. The Kier molecular flexibility index (Phi) is 4.06. The number of benzene rings is 1. The number of fused-ring (bicyclic) bond motifs is 1. The minimum atomic E-state index is -3.18. The summed E-state index contributed by atoms with van der Waals surface area (Å²) in [7, 11) is -3.18. The van der Waals surface area contributed by atoms with Gasteiger partial charge in [0.1, 0.15) is 5.82 Å². The van der Waals surface area contributed by atoms with Crippen molar-refractivity contribution in [3.05, 3.63) is 36.0 Å². The second-order valence-corrected chi connectivity index (χ2v) is 6.75. The fraction of sp³-hybridized carbons (Fsp3) is 0.231. The smallest absolute Gasteiger partial charge is 0.221 e. The lowest BCUT2D eigenvalue weighted by Gasteiger charge is -2.18. The molecule has 0 bridgehead atoms. The van der Waals surface area contributed by atoms with Crippen LogP contribution in [0.4, 0.5) is 17.5 Å². The van der Waals surface area contributed by atoms with E-state index >= 15 is 0 Å². The van der Waals surface area contributed by atoms with Crippen LogP contribution >= 0.6 is 12.4 Å². The number of anilines is 3. The molecule has 0 unspecified atom stereocenters. The number of halogens is 1. The molecule has 1 aliphatic heterocycles. The highest BCUT2D eigenvalue weighted by Gasteiger charge is 2.23. The van der Waals surface area contributed by atoms with Crippen LogP contribution in [-0.4, -0.2) is 31.2 Å². The summed E-state index contributed by atoms with van der Waals surface area (Å²) in [5.74, 6) is 0.951. The van der Waals surface area contributed by atoms with Crippen LogP contribution in [0, 0.1) is 0 Å². The molecule has 0 fully saturated rings. The Balaban J connectivity index is 0.00000161. The van der Waals surface area contributed by atoms with Crippen LogP contribution in [0.25, 0.3) is 0 Å². The van der Waals surface area contributed by atoms with Gasteiger partial charge in [0.2, 0.25) is 5.95 Å².